The zero-order valence-electron chi connectivity index (χ0n) is 15.8. The van der Waals surface area contributed by atoms with Crippen molar-refractivity contribution in [3.05, 3.63) is 64.7 Å². The maximum absolute atomic E-state index is 13.0. The number of benzene rings is 2. The van der Waals surface area contributed by atoms with Crippen molar-refractivity contribution in [1.29, 1.82) is 0 Å². The average molecular weight is 341 g/mol. The van der Waals surface area contributed by atoms with Gasteiger partial charge in [0, 0.05) is 26.1 Å². The standard InChI is InChI=1S/C20H24N2O3/c1-13-9-14(2)11-16(10-13)19(23)22(3)18(20(24)25-4)12-15-5-7-17(21)8-6-15/h5-11,18H,12,21H2,1-4H3/t18-/m0/s1/i3D. The van der Waals surface area contributed by atoms with Crippen molar-refractivity contribution >= 4 is 17.6 Å². The van der Waals surface area contributed by atoms with Crippen LogP contribution in [0.4, 0.5) is 5.69 Å². The van der Waals surface area contributed by atoms with Gasteiger partial charge in [-0.1, -0.05) is 29.3 Å². The molecule has 0 saturated heterocycles. The molecule has 0 unspecified atom stereocenters. The Bertz CT molecular complexity index is 770. The molecule has 2 rings (SSSR count). The first-order chi connectivity index (χ1) is 12.3. The fourth-order valence-corrected chi connectivity index (χ4v) is 2.74. The minimum absolute atomic E-state index is 0.252. The average Bonchev–Trinajstić information content (AvgIpc) is 2.61. The van der Waals surface area contributed by atoms with E-state index in [2.05, 4.69) is 0 Å². The van der Waals surface area contributed by atoms with Crippen molar-refractivity contribution in [2.24, 2.45) is 0 Å². The molecule has 0 aliphatic carbocycles. The molecule has 5 nitrogen and oxygen atoms in total. The lowest BCUT2D eigenvalue weighted by molar-refractivity contribution is -0.145. The summed E-state index contributed by atoms with van der Waals surface area (Å²) >= 11 is 0. The van der Waals surface area contributed by atoms with Crippen LogP contribution in [0.3, 0.4) is 0 Å². The maximum atomic E-state index is 13.0. The lowest BCUT2D eigenvalue weighted by Gasteiger charge is -2.26. The third kappa shape index (κ3) is 4.59. The zero-order valence-corrected chi connectivity index (χ0v) is 14.8. The predicted molar refractivity (Wildman–Crippen MR) is 98.4 cm³/mol. The number of ether oxygens (including phenoxy) is 1. The Balaban J connectivity index is 2.34. The van der Waals surface area contributed by atoms with Gasteiger partial charge in [0.2, 0.25) is 0 Å². The molecule has 0 radical (unpaired) electrons. The fraction of sp³-hybridized carbons (Fsp3) is 0.300. The van der Waals surface area contributed by atoms with Gasteiger partial charge >= 0.3 is 5.97 Å². The van der Waals surface area contributed by atoms with Gasteiger partial charge in [0.05, 0.1) is 7.11 Å². The van der Waals surface area contributed by atoms with Gasteiger partial charge in [-0.15, -0.1) is 0 Å². The van der Waals surface area contributed by atoms with Crippen LogP contribution >= 0.6 is 0 Å². The Morgan fingerprint density at radius 1 is 1.16 bits per heavy atom. The highest BCUT2D eigenvalue weighted by Crippen LogP contribution is 2.16. The molecule has 1 atom stereocenters. The SMILES string of the molecule is [2H]CN(C(=O)c1cc(C)cc(C)c1)[C@@H](Cc1ccc(N)cc1)C(=O)OC. The number of carbonyl (C=O) groups is 2. The van der Waals surface area contributed by atoms with Gasteiger partial charge < -0.3 is 15.4 Å². The second-order valence-corrected chi connectivity index (χ2v) is 6.14. The molecule has 0 aliphatic heterocycles. The molecule has 5 heteroatoms. The molecule has 0 fully saturated rings. The zero-order chi connectivity index (χ0) is 19.3. The fourth-order valence-electron chi connectivity index (χ4n) is 2.74. The molecule has 0 heterocycles. The van der Waals surface area contributed by atoms with E-state index < -0.39 is 12.0 Å². The number of nitrogens with zero attached hydrogens (tertiary/aromatic N) is 1. The number of methoxy groups -OCH3 is 1. The van der Waals surface area contributed by atoms with Gasteiger partial charge in [0.1, 0.15) is 6.04 Å². The van der Waals surface area contributed by atoms with Crippen LogP contribution in [0.15, 0.2) is 42.5 Å². The third-order valence-corrected chi connectivity index (χ3v) is 3.99. The first kappa shape index (κ1) is 17.0. The topological polar surface area (TPSA) is 72.6 Å². The summed E-state index contributed by atoms with van der Waals surface area (Å²) in [6.45, 7) is 3.81. The van der Waals surface area contributed by atoms with Crippen molar-refractivity contribution in [1.82, 2.24) is 4.90 Å². The number of aryl methyl sites for hydroxylation is 2. The summed E-state index contributed by atoms with van der Waals surface area (Å²) in [5.74, 6) is -0.913. The highest BCUT2D eigenvalue weighted by Gasteiger charge is 2.28. The molecule has 1 amide bonds. The Morgan fingerprint density at radius 2 is 1.76 bits per heavy atom. The first-order valence-electron chi connectivity index (χ1n) is 8.67. The summed E-state index contributed by atoms with van der Waals surface area (Å²) in [5.41, 5.74) is 9.51. The summed E-state index contributed by atoms with van der Waals surface area (Å²) in [5, 5.41) is 0. The normalized spacial score (nSPS) is 12.2. The number of anilines is 1. The smallest absolute Gasteiger partial charge is 0.328 e. The lowest BCUT2D eigenvalue weighted by Crippen LogP contribution is -2.44. The number of hydrogen-bond acceptors (Lipinski definition) is 4. The van der Waals surface area contributed by atoms with Gasteiger partial charge in [-0.05, 0) is 43.7 Å². The number of likely N-dealkylation sites (N-methyl/N-ethyl adjacent to an activating group) is 1. The van der Waals surface area contributed by atoms with E-state index in [1.54, 1.807) is 36.4 Å². The van der Waals surface area contributed by atoms with Crippen LogP contribution in [0.2, 0.25) is 0 Å². The molecular weight excluding hydrogens is 316 g/mol. The number of nitrogen functional groups attached to an aromatic ring is 1. The predicted octanol–water partition coefficient (Wildman–Crippen LogP) is 2.74. The molecular formula is C20H24N2O3. The van der Waals surface area contributed by atoms with E-state index in [1.165, 1.54) is 12.0 Å². The van der Waals surface area contributed by atoms with Gasteiger partial charge in [-0.2, -0.15) is 0 Å². The molecule has 2 aromatic rings. The van der Waals surface area contributed by atoms with Crippen LogP contribution in [-0.4, -0.2) is 37.0 Å². The van der Waals surface area contributed by atoms with Gasteiger partial charge in [-0.25, -0.2) is 4.79 Å². The minimum Gasteiger partial charge on any atom is -0.467 e. The minimum atomic E-state index is -0.880. The monoisotopic (exact) mass is 341 g/mol. The molecule has 0 spiro atoms. The van der Waals surface area contributed by atoms with Gasteiger partial charge in [0.15, 0.2) is 0 Å². The van der Waals surface area contributed by atoms with E-state index in [1.807, 2.05) is 19.9 Å². The van der Waals surface area contributed by atoms with Crippen molar-refractivity contribution in [2.45, 2.75) is 26.3 Å². The van der Waals surface area contributed by atoms with E-state index in [-0.39, 0.29) is 19.4 Å². The molecule has 0 aromatic heterocycles. The number of hydrogen-bond donors (Lipinski definition) is 1. The molecule has 25 heavy (non-hydrogen) atoms. The Hall–Kier alpha value is -2.82. The molecule has 0 aliphatic rings. The van der Waals surface area contributed by atoms with Crippen molar-refractivity contribution in [3.63, 3.8) is 0 Å². The highest BCUT2D eigenvalue weighted by atomic mass is 16.5. The quantitative estimate of drug-likeness (QED) is 0.670. The van der Waals surface area contributed by atoms with E-state index in [9.17, 15) is 9.59 Å². The largest absolute Gasteiger partial charge is 0.467 e. The van der Waals surface area contributed by atoms with Crippen LogP contribution in [0.25, 0.3) is 0 Å². The van der Waals surface area contributed by atoms with Crippen LogP contribution in [0.5, 0.6) is 0 Å². The number of esters is 1. The Morgan fingerprint density at radius 3 is 2.28 bits per heavy atom. The summed E-state index contributed by atoms with van der Waals surface area (Å²) in [7, 11) is 0.933. The molecule has 132 valence electrons. The lowest BCUT2D eigenvalue weighted by atomic mass is 10.0. The van der Waals surface area contributed by atoms with Crippen molar-refractivity contribution in [3.8, 4) is 0 Å². The van der Waals surface area contributed by atoms with Crippen LogP contribution < -0.4 is 5.73 Å². The number of nitrogens with two attached hydrogens (primary N) is 1. The highest BCUT2D eigenvalue weighted by molar-refractivity contribution is 5.97. The summed E-state index contributed by atoms with van der Waals surface area (Å²) in [6, 6.07) is 11.7. The second kappa shape index (κ2) is 7.83. The molecule has 0 saturated carbocycles. The molecule has 2 aromatic carbocycles. The Kier molecular flexibility index (Phi) is 5.33. The number of amides is 1. The van der Waals surface area contributed by atoms with Crippen LogP contribution in [0.1, 0.15) is 28.4 Å². The van der Waals surface area contributed by atoms with Gasteiger partial charge in [-0.3, -0.25) is 4.79 Å². The van der Waals surface area contributed by atoms with Crippen molar-refractivity contribution in [2.75, 3.05) is 19.9 Å². The van der Waals surface area contributed by atoms with Crippen LogP contribution in [-0.2, 0) is 16.0 Å². The number of rotatable bonds is 5. The van der Waals surface area contributed by atoms with E-state index in [4.69, 9.17) is 11.8 Å². The number of carbonyl (C=O) groups excluding carboxylic acids is 2. The third-order valence-electron chi connectivity index (χ3n) is 3.99. The van der Waals surface area contributed by atoms with E-state index in [0.29, 0.717) is 11.3 Å². The van der Waals surface area contributed by atoms with E-state index in [0.717, 1.165) is 16.7 Å². The Labute approximate surface area is 149 Å². The summed E-state index contributed by atoms with van der Waals surface area (Å²) in [6.07, 6.45) is 0.252. The van der Waals surface area contributed by atoms with Crippen LogP contribution in [0, 0.1) is 13.8 Å². The summed E-state index contributed by atoms with van der Waals surface area (Å²) in [4.78, 5) is 26.5. The maximum Gasteiger partial charge on any atom is 0.328 e. The molecule has 0 bridgehead atoms. The van der Waals surface area contributed by atoms with E-state index >= 15 is 0 Å². The molecule has 2 N–H and O–H groups in total. The first-order valence-corrected chi connectivity index (χ1v) is 7.96. The van der Waals surface area contributed by atoms with Crippen molar-refractivity contribution < 1.29 is 15.7 Å². The van der Waals surface area contributed by atoms with Gasteiger partial charge in [0.25, 0.3) is 5.91 Å². The second-order valence-electron chi connectivity index (χ2n) is 6.14. The summed E-state index contributed by atoms with van der Waals surface area (Å²) < 4.78 is 12.7.